The maximum absolute atomic E-state index is 11.6. The number of carbonyl (C=O) groups is 3. The maximum Gasteiger partial charge on any atom is 0.305 e. The van der Waals surface area contributed by atoms with Crippen molar-refractivity contribution in [3.8, 4) is 0 Å². The van der Waals surface area contributed by atoms with Gasteiger partial charge in [0.2, 0.25) is 5.91 Å². The summed E-state index contributed by atoms with van der Waals surface area (Å²) in [7, 11) is 0. The Morgan fingerprint density at radius 3 is 2.14 bits per heavy atom. The second-order valence-electron chi connectivity index (χ2n) is 5.00. The van der Waals surface area contributed by atoms with E-state index in [1.807, 2.05) is 6.08 Å². The summed E-state index contributed by atoms with van der Waals surface area (Å²) in [5.74, 6) is -1.47. The van der Waals surface area contributed by atoms with Gasteiger partial charge in [-0.2, -0.15) is 0 Å². The second kappa shape index (κ2) is 12.9. The predicted molar refractivity (Wildman–Crippen MR) is 82.8 cm³/mol. The van der Waals surface area contributed by atoms with Crippen LogP contribution in [0.3, 0.4) is 0 Å². The van der Waals surface area contributed by atoms with Gasteiger partial charge in [0.1, 0.15) is 0 Å². The fraction of sp³-hybridized carbons (Fsp3) is 0.688. The first-order chi connectivity index (χ1) is 10.5. The average molecular weight is 313 g/mol. The Balaban J connectivity index is 3.92. The van der Waals surface area contributed by atoms with Crippen LogP contribution in [-0.4, -0.2) is 30.7 Å². The Kier molecular flexibility index (Phi) is 11.8. The molecule has 0 aliphatic rings. The van der Waals surface area contributed by atoms with Crippen molar-refractivity contribution >= 4 is 17.8 Å². The molecule has 0 atom stereocenters. The number of allylic oxidation sites excluding steroid dienone is 1. The molecule has 0 aromatic rings. The molecular formula is C16H27NO5. The molecule has 0 unspecified atom stereocenters. The molecule has 6 heteroatoms. The topological polar surface area (TPSA) is 81.7 Å². The number of carbonyl (C=O) groups excluding carboxylic acids is 3. The van der Waals surface area contributed by atoms with Crippen molar-refractivity contribution < 1.29 is 23.9 Å². The summed E-state index contributed by atoms with van der Waals surface area (Å²) in [4.78, 5) is 33.3. The summed E-state index contributed by atoms with van der Waals surface area (Å²) in [6, 6.07) is 0. The Hall–Kier alpha value is -1.85. The molecule has 0 fully saturated rings. The van der Waals surface area contributed by atoms with Gasteiger partial charge in [0.25, 0.3) is 6.29 Å². The minimum atomic E-state index is -1.10. The van der Waals surface area contributed by atoms with Crippen molar-refractivity contribution in [3.05, 3.63) is 12.2 Å². The molecule has 22 heavy (non-hydrogen) atoms. The van der Waals surface area contributed by atoms with E-state index in [0.717, 1.165) is 12.8 Å². The Labute approximate surface area is 132 Å². The van der Waals surface area contributed by atoms with E-state index in [0.29, 0.717) is 0 Å². The lowest BCUT2D eigenvalue weighted by molar-refractivity contribution is -0.184. The van der Waals surface area contributed by atoms with Gasteiger partial charge in [-0.05, 0) is 18.9 Å². The normalized spacial score (nSPS) is 10.7. The van der Waals surface area contributed by atoms with E-state index in [9.17, 15) is 14.4 Å². The number of amides is 1. The number of hydrogen-bond acceptors (Lipinski definition) is 5. The number of unbranched alkanes of at least 4 members (excludes halogenated alkanes) is 5. The maximum atomic E-state index is 11.6. The molecule has 0 saturated heterocycles. The highest BCUT2D eigenvalue weighted by atomic mass is 16.7. The van der Waals surface area contributed by atoms with Gasteiger partial charge in [-0.3, -0.25) is 14.4 Å². The van der Waals surface area contributed by atoms with E-state index in [2.05, 4.69) is 12.2 Å². The molecule has 126 valence electrons. The van der Waals surface area contributed by atoms with Crippen LogP contribution in [0.4, 0.5) is 0 Å². The van der Waals surface area contributed by atoms with Gasteiger partial charge in [0.05, 0.1) is 6.54 Å². The van der Waals surface area contributed by atoms with Crippen LogP contribution in [0.1, 0.15) is 59.3 Å². The summed E-state index contributed by atoms with van der Waals surface area (Å²) in [6.45, 7) is 4.51. The van der Waals surface area contributed by atoms with Gasteiger partial charge < -0.3 is 14.8 Å². The minimum absolute atomic E-state index is 0.0706. The quantitative estimate of drug-likeness (QED) is 0.274. The van der Waals surface area contributed by atoms with Crippen LogP contribution >= 0.6 is 0 Å². The molecule has 0 spiro atoms. The molecule has 0 rings (SSSR count). The Morgan fingerprint density at radius 1 is 1.00 bits per heavy atom. The molecule has 6 nitrogen and oxygen atoms in total. The van der Waals surface area contributed by atoms with Crippen molar-refractivity contribution in [1.29, 1.82) is 0 Å². The molecule has 1 amide bonds. The van der Waals surface area contributed by atoms with Crippen molar-refractivity contribution in [3.63, 3.8) is 0 Å². The third kappa shape index (κ3) is 13.1. The minimum Gasteiger partial charge on any atom is -0.423 e. The van der Waals surface area contributed by atoms with Crippen LogP contribution in [0.15, 0.2) is 12.2 Å². The lowest BCUT2D eigenvalue weighted by atomic mass is 10.1. The second-order valence-corrected chi connectivity index (χ2v) is 5.00. The highest BCUT2D eigenvalue weighted by Gasteiger charge is 2.15. The van der Waals surface area contributed by atoms with Crippen LogP contribution in [0.5, 0.6) is 0 Å². The lowest BCUT2D eigenvalue weighted by Crippen LogP contribution is -2.36. The largest absolute Gasteiger partial charge is 0.423 e. The van der Waals surface area contributed by atoms with Crippen LogP contribution in [0.25, 0.3) is 0 Å². The van der Waals surface area contributed by atoms with Crippen molar-refractivity contribution in [2.45, 2.75) is 65.6 Å². The lowest BCUT2D eigenvalue weighted by Gasteiger charge is -2.16. The highest BCUT2D eigenvalue weighted by Crippen LogP contribution is 2.05. The zero-order chi connectivity index (χ0) is 16.8. The van der Waals surface area contributed by atoms with Crippen LogP contribution in [0.2, 0.25) is 0 Å². The predicted octanol–water partition coefficient (Wildman–Crippen LogP) is 2.47. The summed E-state index contributed by atoms with van der Waals surface area (Å²) < 4.78 is 9.54. The third-order valence-corrected chi connectivity index (χ3v) is 2.78. The molecule has 0 aliphatic heterocycles. The first kappa shape index (κ1) is 20.1. The van der Waals surface area contributed by atoms with E-state index in [4.69, 9.17) is 9.47 Å². The molecule has 0 bridgehead atoms. The van der Waals surface area contributed by atoms with Crippen molar-refractivity contribution in [1.82, 2.24) is 5.32 Å². The Morgan fingerprint density at radius 2 is 1.59 bits per heavy atom. The summed E-state index contributed by atoms with van der Waals surface area (Å²) in [5.41, 5.74) is 0. The highest BCUT2D eigenvalue weighted by molar-refractivity contribution is 5.87. The number of esters is 2. The Bertz CT molecular complexity index is 363. The van der Waals surface area contributed by atoms with Crippen LogP contribution in [0, 0.1) is 0 Å². The molecule has 0 aromatic carbocycles. The number of nitrogens with one attached hydrogen (secondary N) is 1. The summed E-state index contributed by atoms with van der Waals surface area (Å²) >= 11 is 0. The SMILES string of the molecule is CCCCCCCC=CC(=O)NCC(OC(C)=O)OC(C)=O. The van der Waals surface area contributed by atoms with Gasteiger partial charge in [-0.1, -0.05) is 38.7 Å². The molecule has 1 N–H and O–H groups in total. The van der Waals surface area contributed by atoms with Crippen molar-refractivity contribution in [2.75, 3.05) is 6.54 Å². The molecular weight excluding hydrogens is 286 g/mol. The molecule has 0 aliphatic carbocycles. The standard InChI is InChI=1S/C16H27NO5/c1-4-5-6-7-8-9-10-11-15(20)17-12-16(21-13(2)18)22-14(3)19/h10-11,16H,4-9,12H2,1-3H3,(H,17,20). The summed E-state index contributed by atoms with van der Waals surface area (Å²) in [6.07, 6.45) is 8.93. The zero-order valence-electron chi connectivity index (χ0n) is 13.7. The van der Waals surface area contributed by atoms with E-state index >= 15 is 0 Å². The fourth-order valence-corrected chi connectivity index (χ4v) is 1.78. The van der Waals surface area contributed by atoms with E-state index in [1.54, 1.807) is 0 Å². The van der Waals surface area contributed by atoms with Gasteiger partial charge in [-0.25, -0.2) is 0 Å². The van der Waals surface area contributed by atoms with Crippen LogP contribution in [-0.2, 0) is 23.9 Å². The number of hydrogen-bond donors (Lipinski definition) is 1. The van der Waals surface area contributed by atoms with E-state index < -0.39 is 18.2 Å². The molecule has 0 saturated carbocycles. The van der Waals surface area contributed by atoms with Gasteiger partial charge in [0, 0.05) is 13.8 Å². The molecule has 0 radical (unpaired) electrons. The van der Waals surface area contributed by atoms with Crippen molar-refractivity contribution in [2.24, 2.45) is 0 Å². The van der Waals surface area contributed by atoms with Gasteiger partial charge >= 0.3 is 11.9 Å². The number of ether oxygens (including phenoxy) is 2. The van der Waals surface area contributed by atoms with Gasteiger partial charge in [-0.15, -0.1) is 0 Å². The molecule has 0 heterocycles. The average Bonchev–Trinajstić information content (AvgIpc) is 2.42. The smallest absolute Gasteiger partial charge is 0.305 e. The van der Waals surface area contributed by atoms with E-state index in [-0.39, 0.29) is 12.5 Å². The number of rotatable bonds is 11. The monoisotopic (exact) mass is 313 g/mol. The van der Waals surface area contributed by atoms with Crippen LogP contribution < -0.4 is 5.32 Å². The summed E-state index contributed by atoms with van der Waals surface area (Å²) in [5, 5.41) is 2.52. The third-order valence-electron chi connectivity index (χ3n) is 2.78. The first-order valence-corrected chi connectivity index (χ1v) is 7.74. The fourth-order valence-electron chi connectivity index (χ4n) is 1.78. The first-order valence-electron chi connectivity index (χ1n) is 7.74. The molecule has 0 aromatic heterocycles. The van der Waals surface area contributed by atoms with E-state index in [1.165, 1.54) is 45.6 Å². The van der Waals surface area contributed by atoms with Gasteiger partial charge in [0.15, 0.2) is 0 Å². The zero-order valence-corrected chi connectivity index (χ0v) is 13.7.